The highest BCUT2D eigenvalue weighted by Gasteiger charge is 2.40. The van der Waals surface area contributed by atoms with E-state index < -0.39 is 0 Å². The van der Waals surface area contributed by atoms with Crippen LogP contribution in [0.3, 0.4) is 0 Å². The zero-order chi connectivity index (χ0) is 14.0. The Hall–Kier alpha value is -0.640. The molecule has 2 fully saturated rings. The second kappa shape index (κ2) is 5.78. The predicted octanol–water partition coefficient (Wildman–Crippen LogP) is 2.68. The van der Waals surface area contributed by atoms with Gasteiger partial charge in [-0.15, -0.1) is 0 Å². The standard InChI is InChI=1S/C15H26N2OS/c1-10-16-11-9-19-12(14(11)17-10)7-5-6-8-13(18)15(2,3)4/h11-12,14,16-17H,1,5-9H2,2-4H3/t11-,12-,14-/m0/s1. The highest BCUT2D eigenvalue weighted by Crippen LogP contribution is 2.34. The first-order chi connectivity index (χ1) is 8.88. The van der Waals surface area contributed by atoms with Crippen molar-refractivity contribution in [1.82, 2.24) is 10.6 Å². The van der Waals surface area contributed by atoms with Gasteiger partial charge in [-0.3, -0.25) is 4.79 Å². The second-order valence-electron chi connectivity index (χ2n) is 6.69. The van der Waals surface area contributed by atoms with E-state index in [1.807, 2.05) is 32.5 Å². The number of carbonyl (C=O) groups excluding carboxylic acids is 1. The van der Waals surface area contributed by atoms with Crippen LogP contribution in [0.25, 0.3) is 0 Å². The van der Waals surface area contributed by atoms with Crippen LogP contribution < -0.4 is 10.6 Å². The fourth-order valence-corrected chi connectivity index (χ4v) is 4.30. The Bertz CT molecular complexity index is 362. The van der Waals surface area contributed by atoms with E-state index in [1.165, 1.54) is 12.2 Å². The molecule has 4 heteroatoms. The molecule has 2 heterocycles. The van der Waals surface area contributed by atoms with Crippen LogP contribution in [0.2, 0.25) is 0 Å². The van der Waals surface area contributed by atoms with E-state index in [1.54, 1.807) is 0 Å². The predicted molar refractivity (Wildman–Crippen MR) is 82.2 cm³/mol. The van der Waals surface area contributed by atoms with E-state index in [-0.39, 0.29) is 5.41 Å². The minimum atomic E-state index is -0.179. The highest BCUT2D eigenvalue weighted by molar-refractivity contribution is 8.00. The Morgan fingerprint density at radius 1 is 1.37 bits per heavy atom. The molecular weight excluding hydrogens is 256 g/mol. The molecule has 3 atom stereocenters. The van der Waals surface area contributed by atoms with Crippen LogP contribution in [-0.4, -0.2) is 28.9 Å². The SMILES string of the molecule is C=C1N[C@H]2[C@H](CS[C@H]2CCCCC(=O)C(C)(C)C)N1. The Labute approximate surface area is 121 Å². The van der Waals surface area contributed by atoms with Crippen LogP contribution in [0.15, 0.2) is 12.4 Å². The summed E-state index contributed by atoms with van der Waals surface area (Å²) in [7, 11) is 0. The molecule has 2 saturated heterocycles. The Kier molecular flexibility index (Phi) is 4.49. The van der Waals surface area contributed by atoms with Gasteiger partial charge in [0.05, 0.1) is 17.9 Å². The summed E-state index contributed by atoms with van der Waals surface area (Å²) < 4.78 is 0. The number of thioether (sulfide) groups is 1. The molecule has 19 heavy (non-hydrogen) atoms. The van der Waals surface area contributed by atoms with Crippen molar-refractivity contribution >= 4 is 17.5 Å². The van der Waals surface area contributed by atoms with Crippen molar-refractivity contribution in [3.8, 4) is 0 Å². The number of carbonyl (C=O) groups is 1. The lowest BCUT2D eigenvalue weighted by atomic mass is 9.87. The number of unbranched alkanes of at least 4 members (excludes halogenated alkanes) is 1. The minimum Gasteiger partial charge on any atom is -0.367 e. The van der Waals surface area contributed by atoms with Crippen molar-refractivity contribution in [2.24, 2.45) is 5.41 Å². The fraction of sp³-hybridized carbons (Fsp3) is 0.800. The van der Waals surface area contributed by atoms with Crippen LogP contribution in [0.4, 0.5) is 0 Å². The van der Waals surface area contributed by atoms with Gasteiger partial charge in [0, 0.05) is 22.8 Å². The number of ketones is 1. The number of hydrogen-bond acceptors (Lipinski definition) is 4. The lowest BCUT2D eigenvalue weighted by Gasteiger charge is -2.18. The van der Waals surface area contributed by atoms with Gasteiger partial charge in [-0.25, -0.2) is 0 Å². The molecule has 0 unspecified atom stereocenters. The van der Waals surface area contributed by atoms with E-state index in [4.69, 9.17) is 0 Å². The van der Waals surface area contributed by atoms with Crippen molar-refractivity contribution < 1.29 is 4.79 Å². The molecule has 0 spiro atoms. The van der Waals surface area contributed by atoms with Crippen LogP contribution in [-0.2, 0) is 4.79 Å². The Balaban J connectivity index is 1.67. The first-order valence-electron chi connectivity index (χ1n) is 7.25. The van der Waals surface area contributed by atoms with E-state index >= 15 is 0 Å². The first-order valence-corrected chi connectivity index (χ1v) is 8.29. The fourth-order valence-electron chi connectivity index (χ4n) is 2.75. The topological polar surface area (TPSA) is 41.1 Å². The smallest absolute Gasteiger partial charge is 0.138 e. The van der Waals surface area contributed by atoms with Crippen LogP contribution >= 0.6 is 11.8 Å². The summed E-state index contributed by atoms with van der Waals surface area (Å²) in [5, 5.41) is 7.51. The normalized spacial score (nSPS) is 29.8. The lowest BCUT2D eigenvalue weighted by Crippen LogP contribution is -2.36. The van der Waals surface area contributed by atoms with Gasteiger partial charge >= 0.3 is 0 Å². The first kappa shape index (κ1) is 14.8. The molecule has 2 aliphatic rings. The zero-order valence-electron chi connectivity index (χ0n) is 12.3. The van der Waals surface area contributed by atoms with Crippen LogP contribution in [0.5, 0.6) is 0 Å². The minimum absolute atomic E-state index is 0.179. The van der Waals surface area contributed by atoms with Gasteiger partial charge in [-0.2, -0.15) is 11.8 Å². The summed E-state index contributed by atoms with van der Waals surface area (Å²) in [6, 6.07) is 1.09. The largest absolute Gasteiger partial charge is 0.367 e. The van der Waals surface area contributed by atoms with Gasteiger partial charge in [0.1, 0.15) is 5.78 Å². The summed E-state index contributed by atoms with van der Waals surface area (Å²) in [4.78, 5) is 11.8. The summed E-state index contributed by atoms with van der Waals surface area (Å²) in [6.45, 7) is 9.96. The summed E-state index contributed by atoms with van der Waals surface area (Å²) in [5.41, 5.74) is -0.179. The summed E-state index contributed by atoms with van der Waals surface area (Å²) in [5.74, 6) is 2.53. The van der Waals surface area contributed by atoms with Gasteiger partial charge in [-0.05, 0) is 12.8 Å². The molecule has 108 valence electrons. The molecule has 0 aromatic carbocycles. The Morgan fingerprint density at radius 2 is 2.11 bits per heavy atom. The van der Waals surface area contributed by atoms with Gasteiger partial charge in [0.25, 0.3) is 0 Å². The molecule has 2 rings (SSSR count). The van der Waals surface area contributed by atoms with Crippen LogP contribution in [0, 0.1) is 5.41 Å². The van der Waals surface area contributed by atoms with Crippen molar-refractivity contribution in [3.63, 3.8) is 0 Å². The zero-order valence-corrected chi connectivity index (χ0v) is 13.1. The molecule has 0 aromatic heterocycles. The molecule has 0 radical (unpaired) electrons. The van der Waals surface area contributed by atoms with Crippen molar-refractivity contribution in [3.05, 3.63) is 12.4 Å². The van der Waals surface area contributed by atoms with E-state index in [2.05, 4.69) is 17.2 Å². The number of nitrogens with one attached hydrogen (secondary N) is 2. The van der Waals surface area contributed by atoms with Gasteiger partial charge in [0.2, 0.25) is 0 Å². The maximum Gasteiger partial charge on any atom is 0.138 e. The molecule has 0 saturated carbocycles. The molecule has 0 aromatic rings. The quantitative estimate of drug-likeness (QED) is 0.761. The van der Waals surface area contributed by atoms with E-state index in [0.717, 1.165) is 25.1 Å². The van der Waals surface area contributed by atoms with Crippen molar-refractivity contribution in [2.45, 2.75) is 63.8 Å². The third-order valence-electron chi connectivity index (χ3n) is 4.00. The van der Waals surface area contributed by atoms with E-state index in [0.29, 0.717) is 23.1 Å². The maximum atomic E-state index is 11.8. The number of fused-ring (bicyclic) bond motifs is 1. The Morgan fingerprint density at radius 3 is 2.79 bits per heavy atom. The maximum absolute atomic E-state index is 11.8. The highest BCUT2D eigenvalue weighted by atomic mass is 32.2. The molecule has 2 N–H and O–H groups in total. The molecular formula is C15H26N2OS. The van der Waals surface area contributed by atoms with Crippen molar-refractivity contribution in [2.75, 3.05) is 5.75 Å². The monoisotopic (exact) mass is 282 g/mol. The molecule has 0 aliphatic carbocycles. The number of hydrogen-bond donors (Lipinski definition) is 2. The molecule has 0 amide bonds. The van der Waals surface area contributed by atoms with Crippen LogP contribution in [0.1, 0.15) is 46.5 Å². The van der Waals surface area contributed by atoms with Gasteiger partial charge in [-0.1, -0.05) is 33.8 Å². The van der Waals surface area contributed by atoms with Gasteiger partial charge in [0.15, 0.2) is 0 Å². The number of rotatable bonds is 5. The third kappa shape index (κ3) is 3.68. The average Bonchev–Trinajstić information content (AvgIpc) is 2.82. The second-order valence-corrected chi connectivity index (χ2v) is 7.96. The van der Waals surface area contributed by atoms with E-state index in [9.17, 15) is 4.79 Å². The molecule has 3 nitrogen and oxygen atoms in total. The molecule has 2 aliphatic heterocycles. The van der Waals surface area contributed by atoms with Crippen molar-refractivity contribution in [1.29, 1.82) is 0 Å². The summed E-state index contributed by atoms with van der Waals surface area (Å²) in [6.07, 6.45) is 4.11. The number of Topliss-reactive ketones (excluding diaryl/α,β-unsaturated/α-hetero) is 1. The lowest BCUT2D eigenvalue weighted by molar-refractivity contribution is -0.126. The third-order valence-corrected chi connectivity index (χ3v) is 5.51. The average molecular weight is 282 g/mol. The summed E-state index contributed by atoms with van der Waals surface area (Å²) >= 11 is 2.05. The van der Waals surface area contributed by atoms with Gasteiger partial charge < -0.3 is 10.6 Å². The molecule has 0 bridgehead atoms.